The highest BCUT2D eigenvalue weighted by Gasteiger charge is 2.28. The molecule has 1 fully saturated rings. The van der Waals surface area contributed by atoms with Gasteiger partial charge in [0.15, 0.2) is 5.82 Å². The summed E-state index contributed by atoms with van der Waals surface area (Å²) in [4.78, 5) is 16.4. The molecule has 1 aromatic heterocycles. The van der Waals surface area contributed by atoms with Gasteiger partial charge in [-0.1, -0.05) is 17.3 Å². The number of hydrogen-bond donors (Lipinski definition) is 1. The van der Waals surface area contributed by atoms with E-state index in [0.29, 0.717) is 50.5 Å². The lowest BCUT2D eigenvalue weighted by atomic mass is 9.98. The molecule has 1 aliphatic rings. The van der Waals surface area contributed by atoms with Gasteiger partial charge < -0.3 is 14.6 Å². The largest absolute Gasteiger partial charge is 0.497 e. The fourth-order valence-electron chi connectivity index (χ4n) is 3.30. The summed E-state index contributed by atoms with van der Waals surface area (Å²) in [5.41, 5.74) is 1.03. The average Bonchev–Trinajstić information content (AvgIpc) is 3.19. The minimum absolute atomic E-state index is 0.0641. The molecular weight excluding hydrogens is 396 g/mol. The maximum Gasteiger partial charge on any atom is 0.246 e. The first-order chi connectivity index (χ1) is 13.8. The number of amides is 1. The molecule has 0 unspecified atom stereocenters. The predicted octanol–water partition coefficient (Wildman–Crippen LogP) is 1.47. The molecule has 1 aromatic carbocycles. The van der Waals surface area contributed by atoms with E-state index < -0.39 is 10.0 Å². The number of nitrogens with zero attached hydrogens (tertiary/aromatic N) is 3. The van der Waals surface area contributed by atoms with Gasteiger partial charge >= 0.3 is 0 Å². The van der Waals surface area contributed by atoms with Crippen LogP contribution in [-0.2, 0) is 27.8 Å². The molecule has 0 bridgehead atoms. The summed E-state index contributed by atoms with van der Waals surface area (Å²) in [6.07, 6.45) is 3.48. The molecule has 0 saturated carbocycles. The summed E-state index contributed by atoms with van der Waals surface area (Å²) >= 11 is 0. The van der Waals surface area contributed by atoms with Gasteiger partial charge in [-0.25, -0.2) is 12.7 Å². The van der Waals surface area contributed by atoms with Crippen LogP contribution in [-0.4, -0.2) is 55.2 Å². The highest BCUT2D eigenvalue weighted by atomic mass is 32.2. The Morgan fingerprint density at radius 1 is 1.34 bits per heavy atom. The Kier molecular flexibility index (Phi) is 6.86. The number of carbonyl (C=O) groups excluding carboxylic acids is 1. The van der Waals surface area contributed by atoms with Crippen molar-refractivity contribution in [3.63, 3.8) is 0 Å². The van der Waals surface area contributed by atoms with Crippen LogP contribution >= 0.6 is 0 Å². The molecule has 2 aromatic rings. The van der Waals surface area contributed by atoms with Gasteiger partial charge in [0.05, 0.1) is 19.9 Å². The Morgan fingerprint density at radius 3 is 2.79 bits per heavy atom. The molecule has 0 atom stereocenters. The van der Waals surface area contributed by atoms with Gasteiger partial charge in [0, 0.05) is 25.4 Å². The summed E-state index contributed by atoms with van der Waals surface area (Å²) < 4.78 is 35.1. The summed E-state index contributed by atoms with van der Waals surface area (Å²) in [5, 5.41) is 6.79. The van der Waals surface area contributed by atoms with Gasteiger partial charge in [0.2, 0.25) is 21.8 Å². The quantitative estimate of drug-likeness (QED) is 0.685. The van der Waals surface area contributed by atoms with Crippen LogP contribution in [0.2, 0.25) is 0 Å². The van der Waals surface area contributed by atoms with Crippen molar-refractivity contribution < 1.29 is 22.5 Å². The van der Waals surface area contributed by atoms with Crippen molar-refractivity contribution in [1.82, 2.24) is 19.8 Å². The number of nitrogens with one attached hydrogen (secondary N) is 1. The van der Waals surface area contributed by atoms with Crippen LogP contribution in [0.15, 0.2) is 28.8 Å². The number of carbonyl (C=O) groups is 1. The second kappa shape index (κ2) is 9.36. The number of piperidine rings is 1. The van der Waals surface area contributed by atoms with Crippen molar-refractivity contribution in [1.29, 1.82) is 0 Å². The molecule has 3 rings (SSSR count). The maximum absolute atomic E-state index is 12.1. The lowest BCUT2D eigenvalue weighted by Gasteiger charge is -2.28. The molecule has 10 heteroatoms. The second-order valence-corrected chi connectivity index (χ2v) is 9.09. The van der Waals surface area contributed by atoms with Gasteiger partial charge in [-0.05, 0) is 37.0 Å². The van der Waals surface area contributed by atoms with E-state index in [0.717, 1.165) is 11.3 Å². The molecule has 1 amide bonds. The van der Waals surface area contributed by atoms with Crippen LogP contribution in [0.3, 0.4) is 0 Å². The van der Waals surface area contributed by atoms with Gasteiger partial charge in [0.1, 0.15) is 5.75 Å². The highest BCUT2D eigenvalue weighted by Crippen LogP contribution is 2.26. The zero-order valence-electron chi connectivity index (χ0n) is 16.6. The van der Waals surface area contributed by atoms with E-state index in [-0.39, 0.29) is 18.4 Å². The first kappa shape index (κ1) is 21.3. The van der Waals surface area contributed by atoms with Gasteiger partial charge in [-0.15, -0.1) is 0 Å². The van der Waals surface area contributed by atoms with Crippen LogP contribution in [0.4, 0.5) is 0 Å². The lowest BCUT2D eigenvalue weighted by Crippen LogP contribution is -2.37. The Morgan fingerprint density at radius 2 is 2.10 bits per heavy atom. The minimum atomic E-state index is -3.16. The zero-order valence-corrected chi connectivity index (χ0v) is 17.4. The number of methoxy groups -OCH3 is 1. The van der Waals surface area contributed by atoms with Gasteiger partial charge in [-0.2, -0.15) is 4.98 Å². The molecule has 0 spiro atoms. The maximum atomic E-state index is 12.1. The van der Waals surface area contributed by atoms with Crippen LogP contribution in [0.5, 0.6) is 5.75 Å². The lowest BCUT2D eigenvalue weighted by molar-refractivity contribution is -0.121. The van der Waals surface area contributed by atoms with Crippen molar-refractivity contribution in [3.05, 3.63) is 41.5 Å². The standard InChI is InChI=1S/C19H26N4O5S/c1-27-16-5-3-4-14(12-16)6-7-17(24)20-13-18-21-19(22-28-18)15-8-10-23(11-9-15)29(2,25)26/h3-5,12,15H,6-11,13H2,1-2H3,(H,20,24). The molecule has 1 saturated heterocycles. The molecule has 2 heterocycles. The number of sulfonamides is 1. The van der Waals surface area contributed by atoms with Crippen LogP contribution in [0, 0.1) is 0 Å². The van der Waals surface area contributed by atoms with Crippen molar-refractivity contribution in [2.75, 3.05) is 26.5 Å². The number of rotatable bonds is 8. The highest BCUT2D eigenvalue weighted by molar-refractivity contribution is 7.88. The summed E-state index contributed by atoms with van der Waals surface area (Å²) in [6, 6.07) is 7.62. The molecule has 29 heavy (non-hydrogen) atoms. The average molecular weight is 423 g/mol. The zero-order chi connectivity index (χ0) is 20.9. The fourth-order valence-corrected chi connectivity index (χ4v) is 4.17. The third kappa shape index (κ3) is 6.01. The molecular formula is C19H26N4O5S. The van der Waals surface area contributed by atoms with Crippen molar-refractivity contribution in [2.45, 2.75) is 38.1 Å². The Hall–Kier alpha value is -2.46. The normalized spacial score (nSPS) is 15.9. The molecule has 158 valence electrons. The third-order valence-electron chi connectivity index (χ3n) is 4.98. The summed E-state index contributed by atoms with van der Waals surface area (Å²) in [7, 11) is -1.55. The number of benzene rings is 1. The van der Waals surface area contributed by atoms with Crippen LogP contribution in [0.25, 0.3) is 0 Å². The third-order valence-corrected chi connectivity index (χ3v) is 6.29. The van der Waals surface area contributed by atoms with E-state index in [1.54, 1.807) is 7.11 Å². The molecule has 0 aliphatic carbocycles. The molecule has 9 nitrogen and oxygen atoms in total. The Labute approximate surface area is 170 Å². The smallest absolute Gasteiger partial charge is 0.246 e. The van der Waals surface area contributed by atoms with E-state index in [2.05, 4.69) is 15.5 Å². The Bertz CT molecular complexity index is 936. The van der Waals surface area contributed by atoms with Crippen molar-refractivity contribution in [2.24, 2.45) is 0 Å². The van der Waals surface area contributed by atoms with Crippen LogP contribution in [0.1, 0.15) is 42.5 Å². The number of aromatic nitrogens is 2. The molecule has 1 N–H and O–H groups in total. The van der Waals surface area contributed by atoms with Crippen molar-refractivity contribution in [3.8, 4) is 5.75 Å². The first-order valence-corrected chi connectivity index (χ1v) is 11.4. The van der Waals surface area contributed by atoms with Gasteiger partial charge in [0.25, 0.3) is 0 Å². The SMILES string of the molecule is COc1cccc(CCC(=O)NCc2nc(C3CCN(S(C)(=O)=O)CC3)no2)c1. The first-order valence-electron chi connectivity index (χ1n) is 9.52. The molecule has 1 aliphatic heterocycles. The van der Waals surface area contributed by atoms with Crippen LogP contribution < -0.4 is 10.1 Å². The Balaban J connectivity index is 1.44. The monoisotopic (exact) mass is 422 g/mol. The van der Waals surface area contributed by atoms with E-state index in [4.69, 9.17) is 9.26 Å². The van der Waals surface area contributed by atoms with E-state index in [1.165, 1.54) is 10.6 Å². The van der Waals surface area contributed by atoms with Gasteiger partial charge in [-0.3, -0.25) is 4.79 Å². The second-order valence-electron chi connectivity index (χ2n) is 7.11. The minimum Gasteiger partial charge on any atom is -0.497 e. The fraction of sp³-hybridized carbons (Fsp3) is 0.526. The predicted molar refractivity (Wildman–Crippen MR) is 106 cm³/mol. The summed E-state index contributed by atoms with van der Waals surface area (Å²) in [6.45, 7) is 1.08. The number of hydrogen-bond acceptors (Lipinski definition) is 7. The van der Waals surface area contributed by atoms with Crippen molar-refractivity contribution >= 4 is 15.9 Å². The number of ether oxygens (including phenoxy) is 1. The van der Waals surface area contributed by atoms with E-state index in [9.17, 15) is 13.2 Å². The van der Waals surface area contributed by atoms with E-state index >= 15 is 0 Å². The topological polar surface area (TPSA) is 115 Å². The summed E-state index contributed by atoms with van der Waals surface area (Å²) in [5.74, 6) is 1.64. The van der Waals surface area contributed by atoms with E-state index in [1.807, 2.05) is 24.3 Å². The number of aryl methyl sites for hydroxylation is 1. The molecule has 0 radical (unpaired) electrons.